The van der Waals surface area contributed by atoms with Crippen LogP contribution in [0.5, 0.6) is 0 Å². The quantitative estimate of drug-likeness (QED) is 0.274. The van der Waals surface area contributed by atoms with Crippen LogP contribution in [0.15, 0.2) is 48.5 Å². The van der Waals surface area contributed by atoms with E-state index in [0.29, 0.717) is 16.5 Å². The fraction of sp³-hybridized carbons (Fsp3) is 0.0500. The van der Waals surface area contributed by atoms with Crippen molar-refractivity contribution in [1.82, 2.24) is 0 Å². The standard InChI is InChI=1S/C20H12F2IN/c1-12-2-3-14(9-20(12)23)15(11-24)8-18-17-10-16(21)6-4-13(17)5-7-19(18)22/h2-10H,1H3. The van der Waals surface area contributed by atoms with Gasteiger partial charge in [-0.05, 0) is 81.8 Å². The second kappa shape index (κ2) is 6.70. The molecule has 0 fully saturated rings. The maximum Gasteiger partial charge on any atom is 0.131 e. The molecule has 3 aromatic carbocycles. The summed E-state index contributed by atoms with van der Waals surface area (Å²) in [5.74, 6) is -0.922. The molecule has 0 radical (unpaired) electrons. The third kappa shape index (κ3) is 3.17. The van der Waals surface area contributed by atoms with E-state index in [4.69, 9.17) is 0 Å². The Balaban J connectivity index is 2.23. The molecule has 24 heavy (non-hydrogen) atoms. The number of nitrogens with zero attached hydrogens (tertiary/aromatic N) is 1. The van der Waals surface area contributed by atoms with Crippen LogP contribution < -0.4 is 0 Å². The zero-order valence-electron chi connectivity index (χ0n) is 12.8. The van der Waals surface area contributed by atoms with Crippen LogP contribution in [0, 0.1) is 33.5 Å². The van der Waals surface area contributed by atoms with Gasteiger partial charge in [-0.1, -0.05) is 24.3 Å². The van der Waals surface area contributed by atoms with Gasteiger partial charge in [0.1, 0.15) is 11.6 Å². The fourth-order valence-corrected chi connectivity index (χ4v) is 3.04. The number of allylic oxidation sites excluding steroid dienone is 1. The topological polar surface area (TPSA) is 23.8 Å². The summed E-state index contributed by atoms with van der Waals surface area (Å²) in [7, 11) is 0. The summed E-state index contributed by atoms with van der Waals surface area (Å²) in [5.41, 5.74) is 2.37. The highest BCUT2D eigenvalue weighted by atomic mass is 127. The Hall–Kier alpha value is -2.26. The number of nitriles is 1. The Labute approximate surface area is 152 Å². The maximum absolute atomic E-state index is 14.3. The van der Waals surface area contributed by atoms with Gasteiger partial charge in [0.05, 0.1) is 11.6 Å². The van der Waals surface area contributed by atoms with E-state index in [1.54, 1.807) is 12.1 Å². The molecule has 0 aliphatic rings. The zero-order valence-corrected chi connectivity index (χ0v) is 14.9. The molecule has 0 aliphatic carbocycles. The van der Waals surface area contributed by atoms with E-state index in [2.05, 4.69) is 28.7 Å². The molecule has 0 spiro atoms. The molecule has 0 unspecified atom stereocenters. The van der Waals surface area contributed by atoms with E-state index in [1.165, 1.54) is 24.3 Å². The number of benzene rings is 3. The first-order valence-electron chi connectivity index (χ1n) is 7.25. The van der Waals surface area contributed by atoms with Crippen LogP contribution >= 0.6 is 22.6 Å². The molecule has 3 aromatic rings. The third-order valence-corrected chi connectivity index (χ3v) is 5.03. The van der Waals surface area contributed by atoms with E-state index in [-0.39, 0.29) is 5.56 Å². The average molecular weight is 431 g/mol. The predicted molar refractivity (Wildman–Crippen MR) is 101 cm³/mol. The van der Waals surface area contributed by atoms with Gasteiger partial charge in [0, 0.05) is 9.13 Å². The number of aryl methyl sites for hydroxylation is 1. The molecule has 0 N–H and O–H groups in total. The van der Waals surface area contributed by atoms with E-state index < -0.39 is 11.6 Å². The van der Waals surface area contributed by atoms with Gasteiger partial charge in [-0.2, -0.15) is 5.26 Å². The highest BCUT2D eigenvalue weighted by Crippen LogP contribution is 2.28. The summed E-state index contributed by atoms with van der Waals surface area (Å²) in [6.45, 7) is 1.98. The van der Waals surface area contributed by atoms with Gasteiger partial charge in [0.15, 0.2) is 0 Å². The average Bonchev–Trinajstić information content (AvgIpc) is 2.57. The second-order valence-electron chi connectivity index (χ2n) is 5.46. The largest absolute Gasteiger partial charge is 0.207 e. The molecule has 3 rings (SSSR count). The van der Waals surface area contributed by atoms with Gasteiger partial charge in [-0.25, -0.2) is 8.78 Å². The number of rotatable bonds is 2. The van der Waals surface area contributed by atoms with E-state index in [1.807, 2.05) is 25.1 Å². The van der Waals surface area contributed by atoms with Crippen molar-refractivity contribution in [3.63, 3.8) is 0 Å². The Bertz CT molecular complexity index is 1010. The van der Waals surface area contributed by atoms with Crippen molar-refractivity contribution < 1.29 is 8.78 Å². The van der Waals surface area contributed by atoms with Gasteiger partial charge in [-0.3, -0.25) is 0 Å². The molecule has 0 aromatic heterocycles. The number of halogens is 3. The molecule has 118 valence electrons. The van der Waals surface area contributed by atoms with Gasteiger partial charge < -0.3 is 0 Å². The first-order valence-corrected chi connectivity index (χ1v) is 8.33. The lowest BCUT2D eigenvalue weighted by Gasteiger charge is -2.07. The van der Waals surface area contributed by atoms with Gasteiger partial charge in [-0.15, -0.1) is 0 Å². The maximum atomic E-state index is 14.3. The third-order valence-electron chi connectivity index (χ3n) is 3.86. The summed E-state index contributed by atoms with van der Waals surface area (Å²) in [6, 6.07) is 14.9. The smallest absolute Gasteiger partial charge is 0.131 e. The van der Waals surface area contributed by atoms with E-state index >= 15 is 0 Å². The Morgan fingerprint density at radius 1 is 1.08 bits per heavy atom. The molecule has 4 heteroatoms. The first kappa shape index (κ1) is 16.6. The minimum absolute atomic E-state index is 0.221. The lowest BCUT2D eigenvalue weighted by Crippen LogP contribution is -1.90. The van der Waals surface area contributed by atoms with Crippen LogP contribution in [0.2, 0.25) is 0 Å². The molecule has 0 bridgehead atoms. The van der Waals surface area contributed by atoms with E-state index in [0.717, 1.165) is 14.5 Å². The summed E-state index contributed by atoms with van der Waals surface area (Å²) < 4.78 is 28.9. The van der Waals surface area contributed by atoms with Gasteiger partial charge in [0.25, 0.3) is 0 Å². The van der Waals surface area contributed by atoms with Crippen molar-refractivity contribution in [3.05, 3.63) is 80.4 Å². The van der Waals surface area contributed by atoms with Crippen LogP contribution in [0.3, 0.4) is 0 Å². The normalized spacial score (nSPS) is 11.5. The van der Waals surface area contributed by atoms with E-state index in [9.17, 15) is 14.0 Å². The van der Waals surface area contributed by atoms with Crippen molar-refractivity contribution in [2.75, 3.05) is 0 Å². The lowest BCUT2D eigenvalue weighted by molar-refractivity contribution is 0.624. The molecule has 0 saturated carbocycles. The monoisotopic (exact) mass is 431 g/mol. The molecule has 0 heterocycles. The minimum atomic E-state index is -0.484. The summed E-state index contributed by atoms with van der Waals surface area (Å²) in [4.78, 5) is 0. The first-order chi connectivity index (χ1) is 11.5. The van der Waals surface area contributed by atoms with Crippen molar-refractivity contribution in [1.29, 1.82) is 5.26 Å². The summed E-state index contributed by atoms with van der Waals surface area (Å²) >= 11 is 2.20. The van der Waals surface area contributed by atoms with Crippen LogP contribution in [0.4, 0.5) is 8.78 Å². The SMILES string of the molecule is Cc1ccc(C(C#N)=Cc2c(F)ccc3ccc(F)cc23)cc1I. The summed E-state index contributed by atoms with van der Waals surface area (Å²) in [5, 5.41) is 10.7. The molecular weight excluding hydrogens is 419 g/mol. The molecular formula is C20H12F2IN. The van der Waals surface area contributed by atoms with Gasteiger partial charge in [0.2, 0.25) is 0 Å². The van der Waals surface area contributed by atoms with Crippen LogP contribution in [-0.4, -0.2) is 0 Å². The lowest BCUT2D eigenvalue weighted by atomic mass is 9.98. The zero-order chi connectivity index (χ0) is 17.3. The van der Waals surface area contributed by atoms with Crippen molar-refractivity contribution >= 4 is 45.0 Å². The number of hydrogen-bond acceptors (Lipinski definition) is 1. The Kier molecular flexibility index (Phi) is 4.63. The molecule has 0 aliphatic heterocycles. The number of hydrogen-bond donors (Lipinski definition) is 0. The van der Waals surface area contributed by atoms with Crippen LogP contribution in [-0.2, 0) is 0 Å². The highest BCUT2D eigenvalue weighted by molar-refractivity contribution is 14.1. The molecule has 0 saturated heterocycles. The van der Waals surface area contributed by atoms with Crippen molar-refractivity contribution in [3.8, 4) is 6.07 Å². The highest BCUT2D eigenvalue weighted by Gasteiger charge is 2.10. The molecule has 1 nitrogen and oxygen atoms in total. The van der Waals surface area contributed by atoms with Crippen LogP contribution in [0.1, 0.15) is 16.7 Å². The molecule has 0 amide bonds. The van der Waals surface area contributed by atoms with Crippen molar-refractivity contribution in [2.45, 2.75) is 6.92 Å². The Morgan fingerprint density at radius 3 is 2.54 bits per heavy atom. The minimum Gasteiger partial charge on any atom is -0.207 e. The van der Waals surface area contributed by atoms with Crippen LogP contribution in [0.25, 0.3) is 22.4 Å². The number of fused-ring (bicyclic) bond motifs is 1. The fourth-order valence-electron chi connectivity index (χ4n) is 2.52. The van der Waals surface area contributed by atoms with Gasteiger partial charge >= 0.3 is 0 Å². The Morgan fingerprint density at radius 2 is 1.83 bits per heavy atom. The second-order valence-corrected chi connectivity index (χ2v) is 6.62. The summed E-state index contributed by atoms with van der Waals surface area (Å²) in [6.07, 6.45) is 1.48. The molecule has 0 atom stereocenters. The van der Waals surface area contributed by atoms with Crippen molar-refractivity contribution in [2.24, 2.45) is 0 Å². The predicted octanol–water partition coefficient (Wildman–Crippen LogP) is 6.10.